The van der Waals surface area contributed by atoms with Crippen LogP contribution in [0.5, 0.6) is 0 Å². The van der Waals surface area contributed by atoms with Crippen LogP contribution >= 0.6 is 0 Å². The lowest BCUT2D eigenvalue weighted by Crippen LogP contribution is -2.48. The minimum Gasteiger partial charge on any atom is -0.480 e. The van der Waals surface area contributed by atoms with Crippen LogP contribution in [-0.2, 0) is 28.8 Å². The van der Waals surface area contributed by atoms with E-state index in [0.717, 1.165) is 0 Å². The predicted molar refractivity (Wildman–Crippen MR) is 136 cm³/mol. The van der Waals surface area contributed by atoms with Gasteiger partial charge in [-0.3, -0.25) is 48.4 Å². The molecule has 0 aliphatic carbocycles. The van der Waals surface area contributed by atoms with E-state index >= 15 is 0 Å². The largest absolute Gasteiger partial charge is 0.480 e. The fraction of sp³-hybridized carbons (Fsp3) is 0.727. The maximum atomic E-state index is 11.9. The number of hydrogen-bond acceptors (Lipinski definition) is 12. The van der Waals surface area contributed by atoms with Crippen molar-refractivity contribution in [1.82, 2.24) is 30.2 Å². The first-order chi connectivity index (χ1) is 18.9. The Bertz CT molecular complexity index is 764. The number of aliphatic carboxylic acids is 4. The van der Waals surface area contributed by atoms with Crippen LogP contribution < -0.4 is 10.6 Å². The van der Waals surface area contributed by atoms with Crippen LogP contribution in [0.3, 0.4) is 0 Å². The van der Waals surface area contributed by atoms with E-state index in [1.165, 1.54) is 19.6 Å². The predicted octanol–water partition coefficient (Wildman–Crippen LogP) is -5.25. The van der Waals surface area contributed by atoms with E-state index in [2.05, 4.69) is 10.6 Å². The monoisotopic (exact) mass is 580 g/mol. The molecular weight excluding hydrogens is 540 g/mol. The third-order valence-electron chi connectivity index (χ3n) is 5.24. The average Bonchev–Trinajstić information content (AvgIpc) is 2.84. The Morgan fingerprint density at radius 2 is 0.675 bits per heavy atom. The number of rotatable bonds is 25. The molecule has 0 radical (unpaired) electrons. The Morgan fingerprint density at radius 1 is 0.425 bits per heavy atom. The quantitative estimate of drug-likeness (QED) is 0.0501. The molecule has 0 saturated heterocycles. The summed E-state index contributed by atoms with van der Waals surface area (Å²) in [5.41, 5.74) is 0. The molecule has 0 aromatic carbocycles. The molecule has 0 aromatic rings. The van der Waals surface area contributed by atoms with Gasteiger partial charge in [-0.15, -0.1) is 0 Å². The van der Waals surface area contributed by atoms with Gasteiger partial charge in [0.1, 0.15) is 0 Å². The summed E-state index contributed by atoms with van der Waals surface area (Å²) in [5.74, 6) is -5.83. The number of aliphatic hydroxyl groups excluding tert-OH is 2. The Morgan fingerprint density at radius 3 is 0.925 bits per heavy atom. The zero-order valence-corrected chi connectivity index (χ0v) is 22.2. The smallest absolute Gasteiger partial charge is 0.317 e. The molecule has 0 fully saturated rings. The molecule has 8 N–H and O–H groups in total. The number of nitrogens with zero attached hydrogens (tertiary/aromatic N) is 4. The van der Waals surface area contributed by atoms with Crippen molar-refractivity contribution in [3.8, 4) is 0 Å². The number of nitrogens with one attached hydrogen (secondary N) is 2. The number of carboxylic acids is 4. The topological polar surface area (TPSA) is 261 Å². The maximum absolute atomic E-state index is 11.9. The standard InChI is InChI=1S/C22H40N6O12/c29-9-1-23-17(31)11-27(15-21(37)38)7-5-25(13-19(33)34)3-4-26(14-20(35)36)6-8-28(16-22(39)40)12-18(32)24-2-10-30/h29-30H,1-16H2,(H,23,31)(H,24,32)(H,33,34)(H,35,36)(H,37,38)(H,39,40). The first-order valence-electron chi connectivity index (χ1n) is 12.4. The number of carbonyl (C=O) groups is 6. The SMILES string of the molecule is O=C(O)CN(CCN(CCN(CC(=O)O)CC(=O)NCCO)CC(=O)O)CCN(CC(=O)O)CC(=O)NCCO. The molecule has 0 spiro atoms. The lowest BCUT2D eigenvalue weighted by atomic mass is 10.3. The number of carboxylic acid groups (broad SMARTS) is 4. The van der Waals surface area contributed by atoms with Crippen LogP contribution in [-0.4, -0.2) is 191 Å². The second-order valence-electron chi connectivity index (χ2n) is 8.70. The molecule has 2 amide bonds. The van der Waals surface area contributed by atoms with E-state index in [-0.39, 0.29) is 78.7 Å². The molecule has 0 aliphatic rings. The molecular formula is C22H40N6O12. The lowest BCUT2D eigenvalue weighted by molar-refractivity contribution is -0.141. The Kier molecular flexibility index (Phi) is 19.6. The van der Waals surface area contributed by atoms with Gasteiger partial charge in [0, 0.05) is 52.4 Å². The minimum absolute atomic E-state index is 0.000393. The lowest BCUT2D eigenvalue weighted by Gasteiger charge is -2.29. The first-order valence-corrected chi connectivity index (χ1v) is 12.4. The van der Waals surface area contributed by atoms with Gasteiger partial charge in [-0.25, -0.2) is 0 Å². The van der Waals surface area contributed by atoms with Gasteiger partial charge in [0.25, 0.3) is 0 Å². The second kappa shape index (κ2) is 21.4. The normalized spacial score (nSPS) is 11.2. The van der Waals surface area contributed by atoms with Crippen LogP contribution in [0.15, 0.2) is 0 Å². The summed E-state index contributed by atoms with van der Waals surface area (Å²) in [6.07, 6.45) is 0. The van der Waals surface area contributed by atoms with E-state index < -0.39 is 61.9 Å². The van der Waals surface area contributed by atoms with Crippen molar-refractivity contribution in [2.75, 3.05) is 105 Å². The summed E-state index contributed by atoms with van der Waals surface area (Å²) in [6, 6.07) is 0. The molecule has 0 bridgehead atoms. The van der Waals surface area contributed by atoms with E-state index in [1.54, 1.807) is 0 Å². The molecule has 18 nitrogen and oxygen atoms in total. The van der Waals surface area contributed by atoms with Crippen LogP contribution in [0.2, 0.25) is 0 Å². The van der Waals surface area contributed by atoms with Crippen molar-refractivity contribution in [2.45, 2.75) is 0 Å². The molecule has 18 heteroatoms. The van der Waals surface area contributed by atoms with Crippen LogP contribution in [0.1, 0.15) is 0 Å². The molecule has 0 unspecified atom stereocenters. The minimum atomic E-state index is -1.21. The molecule has 230 valence electrons. The maximum Gasteiger partial charge on any atom is 0.317 e. The number of hydrogen-bond donors (Lipinski definition) is 8. The Balaban J connectivity index is 5.27. The van der Waals surface area contributed by atoms with Crippen LogP contribution in [0, 0.1) is 0 Å². The van der Waals surface area contributed by atoms with Crippen molar-refractivity contribution in [1.29, 1.82) is 0 Å². The molecule has 0 aliphatic heterocycles. The first kappa shape index (κ1) is 36.6. The molecule has 0 aromatic heterocycles. The van der Waals surface area contributed by atoms with Crippen molar-refractivity contribution < 1.29 is 59.4 Å². The summed E-state index contributed by atoms with van der Waals surface area (Å²) in [6.45, 7) is -2.95. The summed E-state index contributed by atoms with van der Waals surface area (Å²) in [7, 11) is 0. The van der Waals surface area contributed by atoms with Crippen molar-refractivity contribution in [2.24, 2.45) is 0 Å². The van der Waals surface area contributed by atoms with Crippen LogP contribution in [0.25, 0.3) is 0 Å². The van der Waals surface area contributed by atoms with Crippen molar-refractivity contribution >= 4 is 35.7 Å². The summed E-state index contributed by atoms with van der Waals surface area (Å²) >= 11 is 0. The summed E-state index contributed by atoms with van der Waals surface area (Å²) in [5, 5.41) is 59.3. The van der Waals surface area contributed by atoms with Crippen molar-refractivity contribution in [3.63, 3.8) is 0 Å². The highest BCUT2D eigenvalue weighted by Crippen LogP contribution is 1.99. The van der Waals surface area contributed by atoms with E-state index in [1.807, 2.05) is 0 Å². The third-order valence-corrected chi connectivity index (χ3v) is 5.24. The second-order valence-corrected chi connectivity index (χ2v) is 8.70. The van der Waals surface area contributed by atoms with E-state index in [9.17, 15) is 39.0 Å². The van der Waals surface area contributed by atoms with Crippen molar-refractivity contribution in [3.05, 3.63) is 0 Å². The number of aliphatic hydroxyl groups is 2. The summed E-state index contributed by atoms with van der Waals surface area (Å²) in [4.78, 5) is 74.5. The van der Waals surface area contributed by atoms with Gasteiger partial charge in [0.15, 0.2) is 0 Å². The molecule has 0 saturated carbocycles. The van der Waals surface area contributed by atoms with Gasteiger partial charge in [-0.05, 0) is 0 Å². The van der Waals surface area contributed by atoms with Gasteiger partial charge in [0.05, 0.1) is 52.5 Å². The molecule has 0 rings (SSSR count). The van der Waals surface area contributed by atoms with E-state index in [4.69, 9.17) is 20.4 Å². The fourth-order valence-electron chi connectivity index (χ4n) is 3.49. The number of carbonyl (C=O) groups excluding carboxylic acids is 2. The molecule has 0 atom stereocenters. The van der Waals surface area contributed by atoms with Gasteiger partial charge in [0.2, 0.25) is 11.8 Å². The van der Waals surface area contributed by atoms with Crippen LogP contribution in [0.4, 0.5) is 0 Å². The number of amides is 2. The van der Waals surface area contributed by atoms with Gasteiger partial charge in [-0.1, -0.05) is 0 Å². The molecule has 40 heavy (non-hydrogen) atoms. The average molecular weight is 581 g/mol. The summed E-state index contributed by atoms with van der Waals surface area (Å²) < 4.78 is 0. The molecule has 0 heterocycles. The zero-order chi connectivity index (χ0) is 30.5. The Labute approximate surface area is 230 Å². The van der Waals surface area contributed by atoms with Gasteiger partial charge >= 0.3 is 23.9 Å². The highest BCUT2D eigenvalue weighted by Gasteiger charge is 2.20. The van der Waals surface area contributed by atoms with Gasteiger partial charge < -0.3 is 41.3 Å². The Hall–Kier alpha value is -3.42. The zero-order valence-electron chi connectivity index (χ0n) is 22.2. The highest BCUT2D eigenvalue weighted by molar-refractivity contribution is 5.79. The van der Waals surface area contributed by atoms with Gasteiger partial charge in [-0.2, -0.15) is 0 Å². The fourth-order valence-corrected chi connectivity index (χ4v) is 3.49. The highest BCUT2D eigenvalue weighted by atomic mass is 16.4. The van der Waals surface area contributed by atoms with E-state index in [0.29, 0.717) is 0 Å². The third kappa shape index (κ3) is 20.5.